The Labute approximate surface area is 119 Å². The first-order valence-corrected chi connectivity index (χ1v) is 7.11. The quantitative estimate of drug-likeness (QED) is 0.878. The Morgan fingerprint density at radius 1 is 1.35 bits per heavy atom. The number of aryl methyl sites for hydroxylation is 2. The second kappa shape index (κ2) is 5.79. The van der Waals surface area contributed by atoms with Crippen LogP contribution in [0, 0.1) is 13.8 Å². The van der Waals surface area contributed by atoms with Crippen molar-refractivity contribution in [2.45, 2.75) is 51.5 Å². The van der Waals surface area contributed by atoms with Crippen LogP contribution in [0.1, 0.15) is 53.7 Å². The number of aromatic nitrogens is 1. The highest BCUT2D eigenvalue weighted by atomic mass is 16.5. The maximum absolute atomic E-state index is 11.6. The molecular formula is C15H23N3O2. The van der Waals surface area contributed by atoms with Gasteiger partial charge in [-0.2, -0.15) is 0 Å². The SMILES string of the molecule is Cc1cc(C)c(C(N)=O)c(OCC2(N)CCCCC2)n1. The summed E-state index contributed by atoms with van der Waals surface area (Å²) < 4.78 is 5.77. The van der Waals surface area contributed by atoms with E-state index in [9.17, 15) is 4.79 Å². The summed E-state index contributed by atoms with van der Waals surface area (Å²) in [6.07, 6.45) is 5.38. The van der Waals surface area contributed by atoms with Crippen LogP contribution in [-0.2, 0) is 0 Å². The first-order valence-electron chi connectivity index (χ1n) is 7.11. The van der Waals surface area contributed by atoms with Crippen LogP contribution in [0.2, 0.25) is 0 Å². The van der Waals surface area contributed by atoms with Crippen molar-refractivity contribution in [3.63, 3.8) is 0 Å². The van der Waals surface area contributed by atoms with Gasteiger partial charge in [0.1, 0.15) is 12.2 Å². The van der Waals surface area contributed by atoms with Crippen LogP contribution in [-0.4, -0.2) is 23.0 Å². The number of amides is 1. The molecule has 1 fully saturated rings. The summed E-state index contributed by atoms with van der Waals surface area (Å²) in [5, 5.41) is 0. The molecule has 0 aliphatic heterocycles. The molecule has 1 heterocycles. The van der Waals surface area contributed by atoms with E-state index in [2.05, 4.69) is 4.98 Å². The van der Waals surface area contributed by atoms with E-state index in [-0.39, 0.29) is 5.54 Å². The Kier molecular flexibility index (Phi) is 4.28. The van der Waals surface area contributed by atoms with E-state index >= 15 is 0 Å². The molecule has 4 N–H and O–H groups in total. The van der Waals surface area contributed by atoms with E-state index in [1.807, 2.05) is 19.9 Å². The maximum atomic E-state index is 11.6. The van der Waals surface area contributed by atoms with Crippen molar-refractivity contribution in [2.75, 3.05) is 6.61 Å². The molecule has 0 aromatic carbocycles. The summed E-state index contributed by atoms with van der Waals surface area (Å²) in [5.41, 5.74) is 13.4. The van der Waals surface area contributed by atoms with Gasteiger partial charge >= 0.3 is 0 Å². The molecule has 5 heteroatoms. The van der Waals surface area contributed by atoms with Crippen molar-refractivity contribution < 1.29 is 9.53 Å². The highest BCUT2D eigenvalue weighted by molar-refractivity contribution is 5.96. The number of rotatable bonds is 4. The zero-order chi connectivity index (χ0) is 14.8. The molecule has 1 amide bonds. The lowest BCUT2D eigenvalue weighted by Gasteiger charge is -2.33. The number of hydrogen-bond acceptors (Lipinski definition) is 4. The second-order valence-electron chi connectivity index (χ2n) is 5.84. The van der Waals surface area contributed by atoms with Crippen LogP contribution < -0.4 is 16.2 Å². The second-order valence-corrected chi connectivity index (χ2v) is 5.84. The first-order chi connectivity index (χ1) is 9.41. The zero-order valence-electron chi connectivity index (χ0n) is 12.2. The van der Waals surface area contributed by atoms with E-state index in [1.54, 1.807) is 0 Å². The summed E-state index contributed by atoms with van der Waals surface area (Å²) >= 11 is 0. The van der Waals surface area contributed by atoms with Gasteiger partial charge in [-0.15, -0.1) is 0 Å². The molecule has 2 rings (SSSR count). The summed E-state index contributed by atoms with van der Waals surface area (Å²) in [5.74, 6) is -0.204. The number of pyridine rings is 1. The predicted octanol–water partition coefficient (Wildman–Crippen LogP) is 1.84. The Hall–Kier alpha value is -1.62. The van der Waals surface area contributed by atoms with Gasteiger partial charge in [-0.1, -0.05) is 19.3 Å². The molecule has 1 saturated carbocycles. The van der Waals surface area contributed by atoms with Gasteiger partial charge in [0.2, 0.25) is 5.88 Å². The Balaban J connectivity index is 2.18. The number of ether oxygens (including phenoxy) is 1. The first kappa shape index (κ1) is 14.8. The molecule has 0 atom stereocenters. The van der Waals surface area contributed by atoms with Gasteiger partial charge in [-0.25, -0.2) is 4.98 Å². The number of carbonyl (C=O) groups is 1. The van der Waals surface area contributed by atoms with E-state index in [0.717, 1.165) is 36.9 Å². The standard InChI is InChI=1S/C15H23N3O2/c1-10-8-11(2)18-14(12(10)13(16)19)20-9-15(17)6-4-3-5-7-15/h8H,3-7,9,17H2,1-2H3,(H2,16,19). The van der Waals surface area contributed by atoms with Crippen molar-refractivity contribution in [1.29, 1.82) is 0 Å². The molecule has 20 heavy (non-hydrogen) atoms. The van der Waals surface area contributed by atoms with Gasteiger partial charge in [-0.3, -0.25) is 4.79 Å². The number of hydrogen-bond donors (Lipinski definition) is 2. The number of primary amides is 1. The van der Waals surface area contributed by atoms with Crippen LogP contribution >= 0.6 is 0 Å². The fourth-order valence-electron chi connectivity index (χ4n) is 2.82. The van der Waals surface area contributed by atoms with Crippen molar-refractivity contribution in [2.24, 2.45) is 11.5 Å². The van der Waals surface area contributed by atoms with E-state index in [4.69, 9.17) is 16.2 Å². The summed E-state index contributed by atoms with van der Waals surface area (Å²) in [7, 11) is 0. The van der Waals surface area contributed by atoms with Crippen molar-refractivity contribution in [3.8, 4) is 5.88 Å². The summed E-state index contributed by atoms with van der Waals surface area (Å²) in [6.45, 7) is 4.08. The Morgan fingerprint density at radius 2 is 2.00 bits per heavy atom. The minimum Gasteiger partial charge on any atom is -0.475 e. The largest absolute Gasteiger partial charge is 0.475 e. The fourth-order valence-corrected chi connectivity index (χ4v) is 2.82. The van der Waals surface area contributed by atoms with Crippen LogP contribution in [0.25, 0.3) is 0 Å². The van der Waals surface area contributed by atoms with Crippen molar-refractivity contribution in [3.05, 3.63) is 22.9 Å². The topological polar surface area (TPSA) is 91.2 Å². The average Bonchev–Trinajstić information content (AvgIpc) is 2.36. The predicted molar refractivity (Wildman–Crippen MR) is 77.7 cm³/mol. The number of carbonyl (C=O) groups excluding carboxylic acids is 1. The van der Waals surface area contributed by atoms with Gasteiger partial charge in [-0.05, 0) is 38.3 Å². The van der Waals surface area contributed by atoms with Gasteiger partial charge in [0.25, 0.3) is 5.91 Å². The lowest BCUT2D eigenvalue weighted by molar-refractivity contribution is 0.0990. The van der Waals surface area contributed by atoms with Crippen LogP contribution in [0.3, 0.4) is 0 Å². The van der Waals surface area contributed by atoms with Crippen LogP contribution in [0.4, 0.5) is 0 Å². The Bertz CT molecular complexity index is 508. The fraction of sp³-hybridized carbons (Fsp3) is 0.600. The third-order valence-electron chi connectivity index (χ3n) is 3.90. The molecular weight excluding hydrogens is 254 g/mol. The molecule has 1 aliphatic carbocycles. The van der Waals surface area contributed by atoms with Crippen LogP contribution in [0.5, 0.6) is 5.88 Å². The highest BCUT2D eigenvalue weighted by Crippen LogP contribution is 2.28. The molecule has 1 aromatic rings. The van der Waals surface area contributed by atoms with Crippen molar-refractivity contribution >= 4 is 5.91 Å². The average molecular weight is 277 g/mol. The molecule has 0 unspecified atom stereocenters. The lowest BCUT2D eigenvalue weighted by atomic mass is 9.83. The molecule has 5 nitrogen and oxygen atoms in total. The highest BCUT2D eigenvalue weighted by Gasteiger charge is 2.29. The van der Waals surface area contributed by atoms with Crippen molar-refractivity contribution in [1.82, 2.24) is 4.98 Å². The van der Waals surface area contributed by atoms with E-state index in [1.165, 1.54) is 6.42 Å². The third kappa shape index (κ3) is 3.28. The summed E-state index contributed by atoms with van der Waals surface area (Å²) in [6, 6.07) is 1.83. The molecule has 0 bridgehead atoms. The monoisotopic (exact) mass is 277 g/mol. The van der Waals surface area contributed by atoms with Gasteiger partial charge in [0.05, 0.1) is 5.54 Å². The summed E-state index contributed by atoms with van der Waals surface area (Å²) in [4.78, 5) is 15.8. The lowest BCUT2D eigenvalue weighted by Crippen LogP contribution is -2.47. The maximum Gasteiger partial charge on any atom is 0.254 e. The zero-order valence-corrected chi connectivity index (χ0v) is 12.2. The van der Waals surface area contributed by atoms with Gasteiger partial charge in [0, 0.05) is 5.69 Å². The molecule has 110 valence electrons. The normalized spacial score (nSPS) is 17.8. The third-order valence-corrected chi connectivity index (χ3v) is 3.90. The molecule has 1 aliphatic rings. The van der Waals surface area contributed by atoms with Gasteiger partial charge < -0.3 is 16.2 Å². The minimum absolute atomic E-state index is 0.311. The van der Waals surface area contributed by atoms with Gasteiger partial charge in [0.15, 0.2) is 0 Å². The van der Waals surface area contributed by atoms with E-state index < -0.39 is 5.91 Å². The minimum atomic E-state index is -0.514. The molecule has 0 spiro atoms. The smallest absolute Gasteiger partial charge is 0.254 e. The molecule has 0 saturated heterocycles. The number of nitrogens with zero attached hydrogens (tertiary/aromatic N) is 1. The number of nitrogens with two attached hydrogens (primary N) is 2. The van der Waals surface area contributed by atoms with Crippen LogP contribution in [0.15, 0.2) is 6.07 Å². The molecule has 0 radical (unpaired) electrons. The van der Waals surface area contributed by atoms with E-state index in [0.29, 0.717) is 18.1 Å². The Morgan fingerprint density at radius 3 is 2.60 bits per heavy atom. The molecule has 1 aromatic heterocycles.